The Morgan fingerprint density at radius 1 is 0.941 bits per heavy atom. The van der Waals surface area contributed by atoms with Gasteiger partial charge in [0.2, 0.25) is 0 Å². The zero-order chi connectivity index (χ0) is 23.7. The van der Waals surface area contributed by atoms with Crippen LogP contribution in [-0.2, 0) is 24.1 Å². The van der Waals surface area contributed by atoms with Crippen molar-refractivity contribution in [2.24, 2.45) is 0 Å². The number of rotatable bonds is 7. The van der Waals surface area contributed by atoms with Gasteiger partial charge in [-0.25, -0.2) is 18.7 Å². The minimum absolute atomic E-state index is 0.114. The first kappa shape index (κ1) is 21.5. The summed E-state index contributed by atoms with van der Waals surface area (Å²) in [5.74, 6) is -1.73. The van der Waals surface area contributed by atoms with E-state index in [0.29, 0.717) is 46.2 Å². The van der Waals surface area contributed by atoms with Crippen molar-refractivity contribution in [3.8, 4) is 11.3 Å². The monoisotopic (exact) mass is 459 g/mol. The molecule has 3 aromatic heterocycles. The number of hydrogen-bond donors (Lipinski definition) is 1. The van der Waals surface area contributed by atoms with Crippen molar-refractivity contribution < 1.29 is 23.1 Å². The molecule has 0 aliphatic carbocycles. The largest absolute Gasteiger partial charge is 0.481 e. The Morgan fingerprint density at radius 3 is 2.38 bits per heavy atom. The number of furan rings is 1. The number of aromatic nitrogens is 3. The van der Waals surface area contributed by atoms with E-state index in [9.17, 15) is 18.7 Å². The summed E-state index contributed by atoms with van der Waals surface area (Å²) in [6.07, 6.45) is 3.44. The van der Waals surface area contributed by atoms with Gasteiger partial charge in [0.1, 0.15) is 17.4 Å². The molecule has 0 spiro atoms. The Labute approximate surface area is 193 Å². The van der Waals surface area contributed by atoms with Crippen LogP contribution in [-0.4, -0.2) is 25.4 Å². The molecule has 0 bridgehead atoms. The first-order valence-corrected chi connectivity index (χ1v) is 10.6. The Balaban J connectivity index is 1.72. The van der Waals surface area contributed by atoms with Gasteiger partial charge in [0.15, 0.2) is 5.65 Å². The SMILES string of the molecule is O=C(O)Cc1c(Cc2ccco2)nc2c(Cc3cc(F)cc(F)c3)nc(-c3ccccc3)cn12. The standard InChI is InChI=1S/C26H19F2N3O3/c27-18-9-16(10-19(28)12-18)11-22-26-30-21(13-20-7-4-8-34-20)24(14-25(32)33)31(26)15-23(29-22)17-5-2-1-3-6-17/h1-10,12,15H,11,13-14H2,(H,32,33). The fraction of sp³-hybridized carbons (Fsp3) is 0.115. The highest BCUT2D eigenvalue weighted by atomic mass is 19.1. The highest BCUT2D eigenvalue weighted by Crippen LogP contribution is 2.26. The predicted molar refractivity (Wildman–Crippen MR) is 120 cm³/mol. The summed E-state index contributed by atoms with van der Waals surface area (Å²) in [7, 11) is 0. The third-order valence-electron chi connectivity index (χ3n) is 5.46. The second-order valence-electron chi connectivity index (χ2n) is 7.92. The molecule has 0 unspecified atom stereocenters. The second kappa shape index (κ2) is 8.90. The fourth-order valence-corrected chi connectivity index (χ4v) is 4.03. The van der Waals surface area contributed by atoms with Gasteiger partial charge in [-0.05, 0) is 29.8 Å². The fourth-order valence-electron chi connectivity index (χ4n) is 4.03. The van der Waals surface area contributed by atoms with Crippen LogP contribution >= 0.6 is 0 Å². The minimum Gasteiger partial charge on any atom is -0.481 e. The van der Waals surface area contributed by atoms with Crippen molar-refractivity contribution in [3.05, 3.63) is 113 Å². The third kappa shape index (κ3) is 4.43. The van der Waals surface area contributed by atoms with Crippen molar-refractivity contribution in [3.63, 3.8) is 0 Å². The zero-order valence-electron chi connectivity index (χ0n) is 17.9. The smallest absolute Gasteiger partial charge is 0.309 e. The van der Waals surface area contributed by atoms with Crippen molar-refractivity contribution in [1.29, 1.82) is 0 Å². The number of imidazole rings is 1. The lowest BCUT2D eigenvalue weighted by Gasteiger charge is -2.10. The maximum atomic E-state index is 13.9. The molecule has 0 saturated carbocycles. The molecule has 8 heteroatoms. The first-order chi connectivity index (χ1) is 16.5. The van der Waals surface area contributed by atoms with Gasteiger partial charge in [-0.2, -0.15) is 0 Å². The Morgan fingerprint density at radius 2 is 1.71 bits per heavy atom. The van der Waals surface area contributed by atoms with E-state index in [2.05, 4.69) is 0 Å². The van der Waals surface area contributed by atoms with Crippen molar-refractivity contribution >= 4 is 11.6 Å². The number of carboxylic acids is 1. The van der Waals surface area contributed by atoms with Crippen LogP contribution in [0.4, 0.5) is 8.78 Å². The summed E-state index contributed by atoms with van der Waals surface area (Å²) < 4.78 is 34.9. The summed E-state index contributed by atoms with van der Waals surface area (Å²) in [4.78, 5) is 21.2. The van der Waals surface area contributed by atoms with Crippen molar-refractivity contribution in [1.82, 2.24) is 14.4 Å². The lowest BCUT2D eigenvalue weighted by atomic mass is 10.1. The molecule has 6 nitrogen and oxygen atoms in total. The minimum atomic E-state index is -1.01. The van der Waals surface area contributed by atoms with Crippen LogP contribution in [0.25, 0.3) is 16.9 Å². The summed E-state index contributed by atoms with van der Waals surface area (Å²) in [6, 6.07) is 16.3. The highest BCUT2D eigenvalue weighted by molar-refractivity contribution is 5.71. The highest BCUT2D eigenvalue weighted by Gasteiger charge is 2.21. The lowest BCUT2D eigenvalue weighted by molar-refractivity contribution is -0.136. The molecule has 170 valence electrons. The molecule has 1 N–H and O–H groups in total. The number of fused-ring (bicyclic) bond motifs is 1. The van der Waals surface area contributed by atoms with Gasteiger partial charge in [0.05, 0.1) is 41.9 Å². The third-order valence-corrected chi connectivity index (χ3v) is 5.46. The van der Waals surface area contributed by atoms with Gasteiger partial charge in [-0.3, -0.25) is 9.20 Å². The van der Waals surface area contributed by atoms with Gasteiger partial charge in [0.25, 0.3) is 0 Å². The van der Waals surface area contributed by atoms with Gasteiger partial charge < -0.3 is 9.52 Å². The maximum absolute atomic E-state index is 13.9. The molecule has 0 fully saturated rings. The number of carbonyl (C=O) groups is 1. The van der Waals surface area contributed by atoms with E-state index in [4.69, 9.17) is 14.4 Å². The van der Waals surface area contributed by atoms with E-state index >= 15 is 0 Å². The molecule has 0 aliphatic heterocycles. The van der Waals surface area contributed by atoms with E-state index < -0.39 is 17.6 Å². The number of nitrogens with zero attached hydrogens (tertiary/aromatic N) is 3. The van der Waals surface area contributed by atoms with Crippen molar-refractivity contribution in [2.45, 2.75) is 19.3 Å². The van der Waals surface area contributed by atoms with Crippen molar-refractivity contribution in [2.75, 3.05) is 0 Å². The van der Waals surface area contributed by atoms with Crippen LogP contribution in [0, 0.1) is 11.6 Å². The molecule has 5 rings (SSSR count). The molecule has 0 atom stereocenters. The number of benzene rings is 2. The van der Waals surface area contributed by atoms with Gasteiger partial charge in [0, 0.05) is 24.2 Å². The molecule has 5 aromatic rings. The van der Waals surface area contributed by atoms with Gasteiger partial charge >= 0.3 is 5.97 Å². The molecule has 0 aliphatic rings. The quantitative estimate of drug-likeness (QED) is 0.367. The van der Waals surface area contributed by atoms with E-state index in [0.717, 1.165) is 11.6 Å². The van der Waals surface area contributed by atoms with E-state index in [-0.39, 0.29) is 12.8 Å². The molecule has 0 amide bonds. The van der Waals surface area contributed by atoms with Crippen LogP contribution in [0.2, 0.25) is 0 Å². The molecule has 3 heterocycles. The Kier molecular flexibility index (Phi) is 5.63. The molecule has 34 heavy (non-hydrogen) atoms. The molecular formula is C26H19F2N3O3. The topological polar surface area (TPSA) is 80.6 Å². The molecule has 0 saturated heterocycles. The van der Waals surface area contributed by atoms with E-state index in [1.807, 2.05) is 30.3 Å². The Hall–Kier alpha value is -4.33. The molecule has 2 aromatic carbocycles. The summed E-state index contributed by atoms with van der Waals surface area (Å²) in [6.45, 7) is 0. The molecule has 0 radical (unpaired) electrons. The average Bonchev–Trinajstić information content (AvgIpc) is 3.42. The first-order valence-electron chi connectivity index (χ1n) is 10.6. The number of aliphatic carboxylic acids is 1. The molecular weight excluding hydrogens is 440 g/mol. The van der Waals surface area contributed by atoms with E-state index in [1.54, 1.807) is 29.0 Å². The van der Waals surface area contributed by atoms with Crippen LogP contribution in [0.15, 0.2) is 77.5 Å². The number of hydrogen-bond acceptors (Lipinski definition) is 4. The number of halogens is 2. The van der Waals surface area contributed by atoms with Crippen LogP contribution in [0.3, 0.4) is 0 Å². The normalized spacial score (nSPS) is 11.2. The number of carboxylic acid groups (broad SMARTS) is 1. The maximum Gasteiger partial charge on any atom is 0.309 e. The summed E-state index contributed by atoms with van der Waals surface area (Å²) in [5, 5.41) is 9.58. The van der Waals surface area contributed by atoms with Crippen LogP contribution < -0.4 is 0 Å². The van der Waals surface area contributed by atoms with Gasteiger partial charge in [-0.1, -0.05) is 30.3 Å². The Bertz CT molecular complexity index is 1460. The van der Waals surface area contributed by atoms with Crippen LogP contribution in [0.1, 0.15) is 28.4 Å². The summed E-state index contributed by atoms with van der Waals surface area (Å²) >= 11 is 0. The second-order valence-corrected chi connectivity index (χ2v) is 7.92. The zero-order valence-corrected chi connectivity index (χ0v) is 17.9. The van der Waals surface area contributed by atoms with E-state index in [1.165, 1.54) is 12.1 Å². The van der Waals surface area contributed by atoms with Crippen LogP contribution in [0.5, 0.6) is 0 Å². The predicted octanol–water partition coefficient (Wildman–Crippen LogP) is 5.08. The lowest BCUT2D eigenvalue weighted by Crippen LogP contribution is -2.08. The average molecular weight is 459 g/mol. The summed E-state index contributed by atoms with van der Waals surface area (Å²) in [5.41, 5.74) is 3.74. The van der Waals surface area contributed by atoms with Gasteiger partial charge in [-0.15, -0.1) is 0 Å².